The largest absolute Gasteiger partial charge is 0.430 e. The van der Waals surface area contributed by atoms with Gasteiger partial charge in [0.25, 0.3) is 0 Å². The number of aromatic amines is 1. The molecule has 1 rings (SSSR count). The van der Waals surface area contributed by atoms with Crippen molar-refractivity contribution in [2.24, 2.45) is 0 Å². The second-order valence-corrected chi connectivity index (χ2v) is 61.7. The highest BCUT2D eigenvalue weighted by Gasteiger charge is 2.41. The molecule has 8 unspecified atom stereocenters. The maximum absolute atomic E-state index is 13.0. The molecule has 26 heavy (non-hydrogen) atoms. The summed E-state index contributed by atoms with van der Waals surface area (Å²) in [6.07, 6.45) is 2.72. The minimum atomic E-state index is -0.891. The molecule has 0 saturated heterocycles. The van der Waals surface area contributed by atoms with Crippen LogP contribution >= 0.6 is 121 Å². The van der Waals surface area contributed by atoms with Crippen molar-refractivity contribution < 1.29 is 14.1 Å². The average molecular weight is 633 g/mol. The summed E-state index contributed by atoms with van der Waals surface area (Å²) in [6.45, 7) is -2.32. The predicted octanol–water partition coefficient (Wildman–Crippen LogP) is 9.01. The molecule has 1 heterocycles. The second kappa shape index (κ2) is 14.9. The summed E-state index contributed by atoms with van der Waals surface area (Å²) in [5.74, 6) is -0.324. The first-order chi connectivity index (χ1) is 12.1. The zero-order valence-corrected chi connectivity index (χ0v) is 28.9. The van der Waals surface area contributed by atoms with Gasteiger partial charge in [-0.2, -0.15) is 0 Å². The van der Waals surface area contributed by atoms with Gasteiger partial charge in [0.05, 0.1) is 0 Å². The van der Waals surface area contributed by atoms with E-state index in [1.54, 1.807) is 12.3 Å². The summed E-state index contributed by atoms with van der Waals surface area (Å²) in [5.41, 5.74) is 1.11. The van der Waals surface area contributed by atoms with Crippen LogP contribution in [0, 0.1) is 0 Å². The quantitative estimate of drug-likeness (QED) is 0.207. The van der Waals surface area contributed by atoms with E-state index >= 15 is 0 Å². The highest BCUT2D eigenvalue weighted by atomic mass is 33.3. The molecule has 148 valence electrons. The Kier molecular flexibility index (Phi) is 16.6. The van der Waals surface area contributed by atoms with Crippen LogP contribution in [0.3, 0.4) is 0 Å². The summed E-state index contributed by atoms with van der Waals surface area (Å²) in [7, 11) is 22.7. The smallest absolute Gasteiger partial charge is 0.358 e. The minimum absolute atomic E-state index is 0.218. The van der Waals surface area contributed by atoms with Gasteiger partial charge in [-0.05, 0) is 39.6 Å². The molecule has 0 saturated carbocycles. The fourth-order valence-electron chi connectivity index (χ4n) is 1.71. The second-order valence-electron chi connectivity index (χ2n) is 4.44. The molecule has 0 radical (unpaired) electrons. The van der Waals surface area contributed by atoms with Gasteiger partial charge in [0.15, 0.2) is 7.53 Å². The summed E-state index contributed by atoms with van der Waals surface area (Å²) in [6, 6.07) is 1.77. The van der Waals surface area contributed by atoms with Crippen LogP contribution in [0.2, 0.25) is 0 Å². The van der Waals surface area contributed by atoms with Crippen molar-refractivity contribution in [1.82, 2.24) is 4.98 Å². The van der Waals surface area contributed by atoms with E-state index in [0.717, 1.165) is 6.29 Å². The molecule has 8 atom stereocenters. The third kappa shape index (κ3) is 9.02. The molecule has 1 aromatic rings. The first kappa shape index (κ1) is 28.9. The van der Waals surface area contributed by atoms with Crippen LogP contribution in [0.15, 0.2) is 12.3 Å². The molecule has 0 aliphatic heterocycles. The standard InChI is InChI=1S/C7H22NO3P15/c9-4-2-5-1-3-8-6(5)7(10)11-20(25(21(12)13)22(14)15)26(23(16)17)24(18)19/h1,3-4,8H,2,12-19H2. The van der Waals surface area contributed by atoms with E-state index in [-0.39, 0.29) is 40.3 Å². The van der Waals surface area contributed by atoms with Gasteiger partial charge in [-0.3, -0.25) is 0 Å². The molecule has 0 bridgehead atoms. The van der Waals surface area contributed by atoms with Crippen LogP contribution in [0.4, 0.5) is 0 Å². The van der Waals surface area contributed by atoms with Gasteiger partial charge in [-0.15, -0.1) is 71.4 Å². The third-order valence-corrected chi connectivity index (χ3v) is 86.2. The molecule has 1 aromatic heterocycles. The van der Waals surface area contributed by atoms with Crippen LogP contribution in [0.1, 0.15) is 16.1 Å². The van der Waals surface area contributed by atoms with Crippen LogP contribution in [-0.4, -0.2) is 17.2 Å². The number of nitrogens with one attached hydrogen (secondary N) is 1. The number of hydrogen-bond acceptors (Lipinski definition) is 3. The zero-order valence-electron chi connectivity index (χ0n) is 13.4. The number of aldehydes is 1. The lowest BCUT2D eigenvalue weighted by Gasteiger charge is -2.39. The van der Waals surface area contributed by atoms with Crippen molar-refractivity contribution in [3.05, 3.63) is 23.5 Å². The lowest BCUT2D eigenvalue weighted by atomic mass is 10.2. The highest BCUT2D eigenvalue weighted by molar-refractivity contribution is 9.24. The van der Waals surface area contributed by atoms with Crippen molar-refractivity contribution in [1.29, 1.82) is 0 Å². The van der Waals surface area contributed by atoms with Crippen LogP contribution in [-0.2, 0) is 15.7 Å². The lowest BCUT2D eigenvalue weighted by molar-refractivity contribution is -0.107. The molecule has 19 heteroatoms. The number of rotatable bonds is 10. The van der Waals surface area contributed by atoms with Crippen molar-refractivity contribution in [2.75, 3.05) is 0 Å². The number of carbonyl (C=O) groups excluding carboxylic acids is 2. The molecule has 0 amide bonds. The molecular formula is C7H22NO3P15. The Bertz CT molecular complexity index is 556. The number of aromatic nitrogens is 1. The number of carbonyl (C=O) groups is 2. The Hall–Kier alpha value is 4.87. The van der Waals surface area contributed by atoms with Crippen molar-refractivity contribution in [2.45, 2.75) is 6.42 Å². The van der Waals surface area contributed by atoms with Gasteiger partial charge < -0.3 is 14.3 Å². The Labute approximate surface area is 181 Å². The summed E-state index contributed by atoms with van der Waals surface area (Å²) >= 11 is 0. The Morgan fingerprint density at radius 3 is 1.81 bits per heavy atom. The van der Waals surface area contributed by atoms with Crippen molar-refractivity contribution in [3.63, 3.8) is 0 Å². The Morgan fingerprint density at radius 2 is 1.42 bits per heavy atom. The van der Waals surface area contributed by atoms with Crippen LogP contribution in [0.25, 0.3) is 0 Å². The fourth-order valence-corrected chi connectivity index (χ4v) is 138. The zero-order chi connectivity index (χ0) is 20.0. The first-order valence-electron chi connectivity index (χ1n) is 6.51. The fraction of sp³-hybridized carbons (Fsp3) is 0.143. The maximum atomic E-state index is 13.0. The van der Waals surface area contributed by atoms with E-state index in [2.05, 4.69) is 76.4 Å². The van der Waals surface area contributed by atoms with Gasteiger partial charge in [-0.1, -0.05) is 0 Å². The Morgan fingerprint density at radius 1 is 0.962 bits per heavy atom. The molecule has 0 fully saturated rings. The van der Waals surface area contributed by atoms with Crippen molar-refractivity contribution >= 4 is 133 Å². The topological polar surface area (TPSA) is 59.2 Å². The molecule has 0 spiro atoms. The van der Waals surface area contributed by atoms with E-state index in [1.165, 1.54) is 0 Å². The van der Waals surface area contributed by atoms with E-state index in [9.17, 15) is 9.59 Å². The number of hydrogen-bond donors (Lipinski definition) is 1. The van der Waals surface area contributed by atoms with Crippen molar-refractivity contribution in [3.8, 4) is 0 Å². The molecule has 0 aliphatic rings. The van der Waals surface area contributed by atoms with E-state index in [1.807, 2.05) is 0 Å². The molecule has 1 N–H and O–H groups in total. The van der Waals surface area contributed by atoms with E-state index in [4.69, 9.17) is 4.52 Å². The summed E-state index contributed by atoms with van der Waals surface area (Å²) < 4.78 is 6.25. The number of H-pyrrole nitrogens is 1. The van der Waals surface area contributed by atoms with Gasteiger partial charge in [-0.25, -0.2) is 4.79 Å². The lowest BCUT2D eigenvalue weighted by Crippen LogP contribution is -2.04. The van der Waals surface area contributed by atoms with Gasteiger partial charge in [0, 0.05) is 26.6 Å². The SMILES string of the molecule is O=CCc1cc[nH]c1C(=O)OP(P(P(P)P)P(P)P)P(P(P)P)P(P)P. The molecule has 0 aromatic carbocycles. The minimum Gasteiger partial charge on any atom is -0.430 e. The van der Waals surface area contributed by atoms with Gasteiger partial charge in [0.2, 0.25) is 0 Å². The van der Waals surface area contributed by atoms with Gasteiger partial charge >= 0.3 is 5.97 Å². The van der Waals surface area contributed by atoms with E-state index in [0.29, 0.717) is 11.3 Å². The average Bonchev–Trinajstić information content (AvgIpc) is 2.94. The van der Waals surface area contributed by atoms with Crippen LogP contribution < -0.4 is 0 Å². The summed E-state index contributed by atoms with van der Waals surface area (Å²) in [4.78, 5) is 26.8. The third-order valence-electron chi connectivity index (χ3n) is 2.64. The summed E-state index contributed by atoms with van der Waals surface area (Å²) in [5, 5.41) is 0. The van der Waals surface area contributed by atoms with Crippen LogP contribution in [0.5, 0.6) is 0 Å². The normalized spacial score (nSPS) is 12.4. The Balaban J connectivity index is 3.24. The molecule has 4 nitrogen and oxygen atoms in total. The first-order valence-corrected chi connectivity index (χ1v) is 33.0. The monoisotopic (exact) mass is 633 g/mol. The highest BCUT2D eigenvalue weighted by Crippen LogP contribution is 3.21. The van der Waals surface area contributed by atoms with Gasteiger partial charge in [0.1, 0.15) is 12.0 Å². The predicted molar refractivity (Wildman–Crippen MR) is 162 cm³/mol. The van der Waals surface area contributed by atoms with E-state index < -0.39 is 21.5 Å². The molecular weight excluding hydrogens is 611 g/mol. The molecule has 0 aliphatic carbocycles. The maximum Gasteiger partial charge on any atom is 0.358 e.